The van der Waals surface area contributed by atoms with Gasteiger partial charge in [-0.15, -0.1) is 0 Å². The van der Waals surface area contributed by atoms with Crippen LogP contribution in [0.4, 0.5) is 5.69 Å². The van der Waals surface area contributed by atoms with Gasteiger partial charge in [-0.2, -0.15) is 0 Å². The summed E-state index contributed by atoms with van der Waals surface area (Å²) in [5.41, 5.74) is 3.60. The summed E-state index contributed by atoms with van der Waals surface area (Å²) in [5.74, 6) is -0.404. The van der Waals surface area contributed by atoms with E-state index in [9.17, 15) is 13.2 Å². The lowest BCUT2D eigenvalue weighted by molar-refractivity contribution is 0.102. The summed E-state index contributed by atoms with van der Waals surface area (Å²) in [5, 5.41) is 3.36. The molecule has 0 unspecified atom stereocenters. The first-order chi connectivity index (χ1) is 13.2. The van der Waals surface area contributed by atoms with Crippen molar-refractivity contribution in [2.24, 2.45) is 0 Å². The van der Waals surface area contributed by atoms with Gasteiger partial charge in [0.2, 0.25) is 0 Å². The molecule has 0 aromatic heterocycles. The molecular weight excluding hydrogens is 394 g/mol. The first-order valence-electron chi connectivity index (χ1n) is 8.70. The second kappa shape index (κ2) is 8.17. The molecule has 4 nitrogen and oxygen atoms in total. The third kappa shape index (κ3) is 4.80. The molecule has 3 rings (SSSR count). The lowest BCUT2D eigenvalue weighted by Gasteiger charge is -2.08. The van der Waals surface area contributed by atoms with E-state index in [-0.39, 0.29) is 16.6 Å². The number of amides is 1. The zero-order chi connectivity index (χ0) is 20.3. The highest BCUT2D eigenvalue weighted by Gasteiger charge is 2.15. The van der Waals surface area contributed by atoms with Gasteiger partial charge in [0.25, 0.3) is 5.91 Å². The van der Waals surface area contributed by atoms with Crippen LogP contribution in [0, 0.1) is 13.8 Å². The Labute approximate surface area is 170 Å². The molecule has 0 aliphatic heterocycles. The molecule has 0 heterocycles. The first kappa shape index (κ1) is 20.1. The molecule has 0 atom stereocenters. The number of nitrogens with one attached hydrogen (secondary N) is 1. The Balaban J connectivity index is 1.71. The maximum atomic E-state index is 12.5. The summed E-state index contributed by atoms with van der Waals surface area (Å²) in [6.07, 6.45) is 0. The monoisotopic (exact) mass is 413 g/mol. The van der Waals surface area contributed by atoms with Crippen LogP contribution in [0.5, 0.6) is 0 Å². The van der Waals surface area contributed by atoms with Crippen molar-refractivity contribution in [3.05, 3.63) is 94.0 Å². The number of anilines is 1. The summed E-state index contributed by atoms with van der Waals surface area (Å²) in [6.45, 7) is 3.79. The molecule has 0 saturated heterocycles. The summed E-state index contributed by atoms with van der Waals surface area (Å²) in [7, 11) is -3.44. The predicted molar refractivity (Wildman–Crippen MR) is 113 cm³/mol. The van der Waals surface area contributed by atoms with Crippen LogP contribution in [-0.4, -0.2) is 14.3 Å². The molecule has 1 N–H and O–H groups in total. The molecule has 6 heteroatoms. The Hall–Kier alpha value is -2.63. The highest BCUT2D eigenvalue weighted by atomic mass is 35.5. The van der Waals surface area contributed by atoms with Gasteiger partial charge in [0.05, 0.1) is 10.6 Å². The largest absolute Gasteiger partial charge is 0.322 e. The SMILES string of the molecule is Cc1ccc(S(=O)(=O)Cc2ccc(C(=O)Nc3ccc(C)c(Cl)c3)cc2)cc1. The lowest BCUT2D eigenvalue weighted by atomic mass is 10.1. The second-order valence-corrected chi connectivity index (χ2v) is 9.08. The zero-order valence-corrected chi connectivity index (χ0v) is 17.1. The Bertz CT molecular complexity index is 1110. The third-order valence-corrected chi connectivity index (χ3v) is 6.49. The fraction of sp³-hybridized carbons (Fsp3) is 0.136. The average molecular weight is 414 g/mol. The van der Waals surface area contributed by atoms with E-state index in [0.29, 0.717) is 21.8 Å². The Kier molecular flexibility index (Phi) is 5.87. The highest BCUT2D eigenvalue weighted by Crippen LogP contribution is 2.21. The normalized spacial score (nSPS) is 11.2. The lowest BCUT2D eigenvalue weighted by Crippen LogP contribution is -2.12. The van der Waals surface area contributed by atoms with E-state index in [4.69, 9.17) is 11.6 Å². The summed E-state index contributed by atoms with van der Waals surface area (Å²) in [4.78, 5) is 12.7. The van der Waals surface area contributed by atoms with Gasteiger partial charge in [-0.25, -0.2) is 8.42 Å². The van der Waals surface area contributed by atoms with Crippen LogP contribution < -0.4 is 5.32 Å². The summed E-state index contributed by atoms with van der Waals surface area (Å²) < 4.78 is 25.1. The van der Waals surface area contributed by atoms with Gasteiger partial charge in [0.15, 0.2) is 9.84 Å². The molecule has 3 aromatic rings. The molecule has 0 fully saturated rings. The second-order valence-electron chi connectivity index (χ2n) is 6.69. The maximum Gasteiger partial charge on any atom is 0.255 e. The molecule has 28 heavy (non-hydrogen) atoms. The van der Waals surface area contributed by atoms with E-state index >= 15 is 0 Å². The molecule has 0 saturated carbocycles. The fourth-order valence-electron chi connectivity index (χ4n) is 2.67. The molecule has 1 amide bonds. The van der Waals surface area contributed by atoms with E-state index in [0.717, 1.165) is 11.1 Å². The van der Waals surface area contributed by atoms with Crippen molar-refractivity contribution in [1.82, 2.24) is 0 Å². The van der Waals surface area contributed by atoms with Gasteiger partial charge in [0, 0.05) is 16.3 Å². The Morgan fingerprint density at radius 2 is 1.57 bits per heavy atom. The van der Waals surface area contributed by atoms with E-state index in [1.165, 1.54) is 0 Å². The molecule has 144 valence electrons. The summed E-state index contributed by atoms with van der Waals surface area (Å²) >= 11 is 6.08. The molecule has 0 aliphatic carbocycles. The number of carbonyl (C=O) groups is 1. The number of hydrogen-bond acceptors (Lipinski definition) is 3. The van der Waals surface area contributed by atoms with Crippen molar-refractivity contribution < 1.29 is 13.2 Å². The number of hydrogen-bond donors (Lipinski definition) is 1. The number of benzene rings is 3. The van der Waals surface area contributed by atoms with Crippen molar-refractivity contribution in [3.8, 4) is 0 Å². The van der Waals surface area contributed by atoms with E-state index in [1.54, 1.807) is 60.7 Å². The Morgan fingerprint density at radius 1 is 0.929 bits per heavy atom. The van der Waals surface area contributed by atoms with Crippen LogP contribution in [0.25, 0.3) is 0 Å². The van der Waals surface area contributed by atoms with Crippen LogP contribution in [0.1, 0.15) is 27.0 Å². The molecule has 0 spiro atoms. The number of sulfone groups is 1. The number of rotatable bonds is 5. The van der Waals surface area contributed by atoms with Crippen molar-refractivity contribution in [2.75, 3.05) is 5.32 Å². The minimum absolute atomic E-state index is 0.120. The Morgan fingerprint density at radius 3 is 2.18 bits per heavy atom. The summed E-state index contributed by atoms with van der Waals surface area (Å²) in [6, 6.07) is 18.6. The van der Waals surface area contributed by atoms with Crippen molar-refractivity contribution >= 4 is 33.0 Å². The van der Waals surface area contributed by atoms with Gasteiger partial charge in [0.1, 0.15) is 0 Å². The average Bonchev–Trinajstić information content (AvgIpc) is 2.65. The van der Waals surface area contributed by atoms with Crippen LogP contribution in [0.15, 0.2) is 71.6 Å². The molecular formula is C22H20ClNO3S. The van der Waals surface area contributed by atoms with E-state index in [1.807, 2.05) is 19.9 Å². The van der Waals surface area contributed by atoms with Gasteiger partial charge in [-0.05, 0) is 61.4 Å². The quantitative estimate of drug-likeness (QED) is 0.626. The van der Waals surface area contributed by atoms with Gasteiger partial charge in [-0.1, -0.05) is 47.5 Å². The minimum atomic E-state index is -3.44. The van der Waals surface area contributed by atoms with Gasteiger partial charge in [-0.3, -0.25) is 4.79 Å². The zero-order valence-electron chi connectivity index (χ0n) is 15.6. The minimum Gasteiger partial charge on any atom is -0.322 e. The van der Waals surface area contributed by atoms with Crippen LogP contribution in [-0.2, 0) is 15.6 Å². The molecule has 3 aromatic carbocycles. The number of aryl methyl sites for hydroxylation is 2. The van der Waals surface area contributed by atoms with Crippen LogP contribution >= 0.6 is 11.6 Å². The third-order valence-electron chi connectivity index (χ3n) is 4.38. The highest BCUT2D eigenvalue weighted by molar-refractivity contribution is 7.90. The standard InChI is InChI=1S/C22H20ClNO3S/c1-15-3-11-20(12-4-15)28(26,27)14-17-6-8-18(9-7-17)22(25)24-19-10-5-16(2)21(23)13-19/h3-13H,14H2,1-2H3,(H,24,25). The van der Waals surface area contributed by atoms with Gasteiger partial charge >= 0.3 is 0 Å². The van der Waals surface area contributed by atoms with Gasteiger partial charge < -0.3 is 5.32 Å². The van der Waals surface area contributed by atoms with Crippen LogP contribution in [0.3, 0.4) is 0 Å². The first-order valence-corrected chi connectivity index (χ1v) is 10.7. The van der Waals surface area contributed by atoms with E-state index < -0.39 is 9.84 Å². The van der Waals surface area contributed by atoms with E-state index in [2.05, 4.69) is 5.32 Å². The smallest absolute Gasteiger partial charge is 0.255 e. The molecule has 0 bridgehead atoms. The maximum absolute atomic E-state index is 12.5. The topological polar surface area (TPSA) is 63.2 Å². The van der Waals surface area contributed by atoms with Crippen molar-refractivity contribution in [2.45, 2.75) is 24.5 Å². The van der Waals surface area contributed by atoms with Crippen molar-refractivity contribution in [3.63, 3.8) is 0 Å². The number of halogens is 1. The van der Waals surface area contributed by atoms with Crippen LogP contribution in [0.2, 0.25) is 5.02 Å². The molecule has 0 aliphatic rings. The predicted octanol–water partition coefficient (Wildman–Crippen LogP) is 5.18. The fourth-order valence-corrected chi connectivity index (χ4v) is 4.20. The number of carbonyl (C=O) groups excluding carboxylic acids is 1. The molecule has 0 radical (unpaired) electrons. The van der Waals surface area contributed by atoms with Crippen molar-refractivity contribution in [1.29, 1.82) is 0 Å².